The van der Waals surface area contributed by atoms with Gasteiger partial charge in [-0.1, -0.05) is 6.92 Å². The lowest BCUT2D eigenvalue weighted by Crippen LogP contribution is -2.35. The van der Waals surface area contributed by atoms with E-state index in [1.165, 1.54) is 16.5 Å². The molecule has 0 spiro atoms. The van der Waals surface area contributed by atoms with Crippen LogP contribution < -0.4 is 5.32 Å². The fraction of sp³-hybridized carbons (Fsp3) is 0.700. The predicted octanol–water partition coefficient (Wildman–Crippen LogP) is 2.55. The van der Waals surface area contributed by atoms with Crippen LogP contribution in [0.2, 0.25) is 0 Å². The molecule has 0 amide bonds. The average Bonchev–Trinajstić information content (AvgIpc) is 2.77. The third kappa shape index (κ3) is 2.30. The van der Waals surface area contributed by atoms with Crippen LogP contribution in [0, 0.1) is 5.92 Å². The zero-order valence-corrected chi connectivity index (χ0v) is 10.2. The molecule has 2 heterocycles. The number of nitrogens with zero attached hydrogens (tertiary/aromatic N) is 1. The largest absolute Gasteiger partial charge is 0.304 e. The molecule has 1 aliphatic heterocycles. The Labute approximate surface area is 93.5 Å². The molecule has 0 saturated carbocycles. The smallest absolute Gasteiger partial charge is 0.109 e. The highest BCUT2D eigenvalue weighted by atomic mass is 32.2. The molecule has 1 aromatic rings. The monoisotopic (exact) mass is 228 g/mol. The summed E-state index contributed by atoms with van der Waals surface area (Å²) in [6.07, 6.45) is 1.88. The van der Waals surface area contributed by atoms with Crippen LogP contribution in [0.1, 0.15) is 24.9 Å². The standard InChI is InChI=1S/C10H16N2S2/c1-7-5-13-6-9(7)12-8(2)10-11-3-4-14-10/h3-4,7-9,12H,5-6H2,1-2H3. The molecule has 1 aliphatic rings. The van der Waals surface area contributed by atoms with E-state index < -0.39 is 0 Å². The number of thiazole rings is 1. The van der Waals surface area contributed by atoms with Crippen LogP contribution in [0.5, 0.6) is 0 Å². The number of aromatic nitrogens is 1. The van der Waals surface area contributed by atoms with E-state index in [0.717, 1.165) is 5.92 Å². The van der Waals surface area contributed by atoms with Crippen molar-refractivity contribution in [1.29, 1.82) is 0 Å². The second kappa shape index (κ2) is 4.64. The molecule has 0 aromatic carbocycles. The van der Waals surface area contributed by atoms with Gasteiger partial charge in [-0.15, -0.1) is 11.3 Å². The minimum Gasteiger partial charge on any atom is -0.304 e. The Bertz CT molecular complexity index is 274. The van der Waals surface area contributed by atoms with Gasteiger partial charge in [0.2, 0.25) is 0 Å². The van der Waals surface area contributed by atoms with E-state index >= 15 is 0 Å². The maximum Gasteiger partial charge on any atom is 0.109 e. The fourth-order valence-electron chi connectivity index (χ4n) is 1.71. The number of hydrogen-bond donors (Lipinski definition) is 1. The Morgan fingerprint density at radius 1 is 1.57 bits per heavy atom. The van der Waals surface area contributed by atoms with Gasteiger partial charge in [-0.25, -0.2) is 4.98 Å². The first-order valence-electron chi connectivity index (χ1n) is 5.00. The van der Waals surface area contributed by atoms with E-state index in [1.807, 2.05) is 11.6 Å². The Balaban J connectivity index is 1.91. The van der Waals surface area contributed by atoms with Crippen molar-refractivity contribution < 1.29 is 0 Å². The Morgan fingerprint density at radius 2 is 2.43 bits per heavy atom. The predicted molar refractivity (Wildman–Crippen MR) is 63.9 cm³/mol. The van der Waals surface area contributed by atoms with E-state index in [2.05, 4.69) is 35.9 Å². The van der Waals surface area contributed by atoms with E-state index in [0.29, 0.717) is 12.1 Å². The molecule has 14 heavy (non-hydrogen) atoms. The first-order chi connectivity index (χ1) is 6.77. The number of thioether (sulfide) groups is 1. The number of nitrogens with one attached hydrogen (secondary N) is 1. The van der Waals surface area contributed by atoms with Gasteiger partial charge in [-0.05, 0) is 18.6 Å². The molecule has 0 aliphatic carbocycles. The minimum atomic E-state index is 0.404. The molecule has 1 N–H and O–H groups in total. The quantitative estimate of drug-likeness (QED) is 0.860. The minimum absolute atomic E-state index is 0.404. The fourth-order valence-corrected chi connectivity index (χ4v) is 3.79. The highest BCUT2D eigenvalue weighted by molar-refractivity contribution is 7.99. The molecular formula is C10H16N2S2. The molecular weight excluding hydrogens is 212 g/mol. The molecule has 3 unspecified atom stereocenters. The van der Waals surface area contributed by atoms with Crippen molar-refractivity contribution in [2.45, 2.75) is 25.9 Å². The lowest BCUT2D eigenvalue weighted by molar-refractivity contribution is 0.410. The average molecular weight is 228 g/mol. The van der Waals surface area contributed by atoms with Crippen molar-refractivity contribution in [2.75, 3.05) is 11.5 Å². The molecule has 2 rings (SSSR count). The maximum atomic E-state index is 4.33. The first-order valence-corrected chi connectivity index (χ1v) is 7.04. The molecule has 1 fully saturated rings. The Morgan fingerprint density at radius 3 is 3.00 bits per heavy atom. The first kappa shape index (κ1) is 10.5. The second-order valence-corrected chi connectivity index (χ2v) is 5.88. The molecule has 0 bridgehead atoms. The molecule has 78 valence electrons. The van der Waals surface area contributed by atoms with Gasteiger partial charge in [-0.2, -0.15) is 11.8 Å². The van der Waals surface area contributed by atoms with Gasteiger partial charge in [0.15, 0.2) is 0 Å². The molecule has 4 heteroatoms. The van der Waals surface area contributed by atoms with Crippen LogP contribution >= 0.6 is 23.1 Å². The Kier molecular flexibility index (Phi) is 3.47. The second-order valence-electron chi connectivity index (χ2n) is 3.88. The van der Waals surface area contributed by atoms with Crippen LogP contribution in [-0.4, -0.2) is 22.5 Å². The third-order valence-corrected chi connectivity index (χ3v) is 4.97. The van der Waals surface area contributed by atoms with Gasteiger partial charge < -0.3 is 5.32 Å². The lowest BCUT2D eigenvalue weighted by Gasteiger charge is -2.20. The van der Waals surface area contributed by atoms with Crippen LogP contribution in [-0.2, 0) is 0 Å². The summed E-state index contributed by atoms with van der Waals surface area (Å²) in [5.41, 5.74) is 0. The van der Waals surface area contributed by atoms with E-state index in [9.17, 15) is 0 Å². The topological polar surface area (TPSA) is 24.9 Å². The van der Waals surface area contributed by atoms with Gasteiger partial charge in [-0.3, -0.25) is 0 Å². The SMILES string of the molecule is CC(NC1CSCC1C)c1nccs1. The summed E-state index contributed by atoms with van der Waals surface area (Å²) < 4.78 is 0. The summed E-state index contributed by atoms with van der Waals surface area (Å²) >= 11 is 3.79. The van der Waals surface area contributed by atoms with Crippen LogP contribution in [0.4, 0.5) is 0 Å². The summed E-state index contributed by atoms with van der Waals surface area (Å²) in [7, 11) is 0. The lowest BCUT2D eigenvalue weighted by atomic mass is 10.1. The highest BCUT2D eigenvalue weighted by Crippen LogP contribution is 2.26. The number of rotatable bonds is 3. The third-order valence-electron chi connectivity index (χ3n) is 2.65. The summed E-state index contributed by atoms with van der Waals surface area (Å²) in [5.74, 6) is 3.33. The summed E-state index contributed by atoms with van der Waals surface area (Å²) in [6.45, 7) is 4.53. The summed E-state index contributed by atoms with van der Waals surface area (Å²) in [6, 6.07) is 1.07. The van der Waals surface area contributed by atoms with Gasteiger partial charge >= 0.3 is 0 Å². The normalized spacial score (nSPS) is 29.3. The van der Waals surface area contributed by atoms with Crippen molar-refractivity contribution in [1.82, 2.24) is 10.3 Å². The van der Waals surface area contributed by atoms with Crippen molar-refractivity contribution in [3.8, 4) is 0 Å². The highest BCUT2D eigenvalue weighted by Gasteiger charge is 2.25. The summed E-state index contributed by atoms with van der Waals surface area (Å²) in [4.78, 5) is 4.33. The molecule has 1 saturated heterocycles. The van der Waals surface area contributed by atoms with Crippen LogP contribution in [0.3, 0.4) is 0 Å². The van der Waals surface area contributed by atoms with E-state index in [4.69, 9.17) is 0 Å². The van der Waals surface area contributed by atoms with E-state index in [-0.39, 0.29) is 0 Å². The number of hydrogen-bond acceptors (Lipinski definition) is 4. The zero-order valence-electron chi connectivity index (χ0n) is 8.56. The van der Waals surface area contributed by atoms with Crippen molar-refractivity contribution >= 4 is 23.1 Å². The maximum absolute atomic E-state index is 4.33. The molecule has 2 nitrogen and oxygen atoms in total. The van der Waals surface area contributed by atoms with Crippen molar-refractivity contribution in [3.05, 3.63) is 16.6 Å². The zero-order chi connectivity index (χ0) is 9.97. The molecule has 1 aromatic heterocycles. The van der Waals surface area contributed by atoms with E-state index in [1.54, 1.807) is 11.3 Å². The van der Waals surface area contributed by atoms with Gasteiger partial charge in [0.05, 0.1) is 6.04 Å². The van der Waals surface area contributed by atoms with Crippen molar-refractivity contribution in [2.24, 2.45) is 5.92 Å². The van der Waals surface area contributed by atoms with Crippen molar-refractivity contribution in [3.63, 3.8) is 0 Å². The van der Waals surface area contributed by atoms with Gasteiger partial charge in [0, 0.05) is 23.4 Å². The Hall–Kier alpha value is -0.0600. The molecule has 3 atom stereocenters. The van der Waals surface area contributed by atoms with Gasteiger partial charge in [0.25, 0.3) is 0 Å². The summed E-state index contributed by atoms with van der Waals surface area (Å²) in [5, 5.41) is 6.90. The van der Waals surface area contributed by atoms with Crippen LogP contribution in [0.15, 0.2) is 11.6 Å². The van der Waals surface area contributed by atoms with Crippen LogP contribution in [0.25, 0.3) is 0 Å². The van der Waals surface area contributed by atoms with Gasteiger partial charge in [0.1, 0.15) is 5.01 Å². The molecule has 0 radical (unpaired) electrons.